The van der Waals surface area contributed by atoms with Crippen LogP contribution in [-0.4, -0.2) is 24.1 Å². The molecule has 0 N–H and O–H groups in total. The average molecular weight is 205 g/mol. The lowest BCUT2D eigenvalue weighted by molar-refractivity contribution is 0.131. The van der Waals surface area contributed by atoms with Gasteiger partial charge in [0.15, 0.2) is 0 Å². The average Bonchev–Trinajstić information content (AvgIpc) is 2.10. The fourth-order valence-corrected chi connectivity index (χ4v) is 1.02. The molecule has 78 valence electrons. The first-order chi connectivity index (χ1) is 6.18. The fraction of sp³-hybridized carbons (Fsp3) is 0.889. The van der Waals surface area contributed by atoms with Gasteiger partial charge in [0.2, 0.25) is 0 Å². The van der Waals surface area contributed by atoms with Crippen molar-refractivity contribution in [1.82, 2.24) is 4.31 Å². The van der Waals surface area contributed by atoms with E-state index in [2.05, 4.69) is 19.7 Å². The van der Waals surface area contributed by atoms with Crippen molar-refractivity contribution in [3.8, 4) is 0 Å². The van der Waals surface area contributed by atoms with Crippen molar-refractivity contribution in [3.05, 3.63) is 0 Å². The van der Waals surface area contributed by atoms with E-state index < -0.39 is 0 Å². The molecule has 0 heterocycles. The highest BCUT2D eigenvalue weighted by atomic mass is 32.1. The molecule has 0 saturated heterocycles. The number of hydrogen-bond donors (Lipinski definition) is 1. The summed E-state index contributed by atoms with van der Waals surface area (Å²) in [5.74, 6) is 0. The first kappa shape index (κ1) is 12.6. The zero-order valence-electron chi connectivity index (χ0n) is 8.45. The number of nitrogens with zero attached hydrogens (tertiary/aromatic N) is 1. The van der Waals surface area contributed by atoms with Crippen LogP contribution >= 0.6 is 12.8 Å². The first-order valence-electron chi connectivity index (χ1n) is 4.77. The van der Waals surface area contributed by atoms with Crippen LogP contribution in [0.4, 0.5) is 4.79 Å². The maximum atomic E-state index is 10.9. The third-order valence-electron chi connectivity index (χ3n) is 1.74. The second-order valence-corrected chi connectivity index (χ2v) is 3.65. The van der Waals surface area contributed by atoms with E-state index in [0.717, 1.165) is 17.1 Å². The van der Waals surface area contributed by atoms with Gasteiger partial charge in [0.1, 0.15) is 0 Å². The van der Waals surface area contributed by atoms with E-state index >= 15 is 0 Å². The number of unbranched alkanes of at least 4 members (excludes halogenated alkanes) is 4. The topological polar surface area (TPSA) is 29.5 Å². The van der Waals surface area contributed by atoms with Crippen LogP contribution in [0.25, 0.3) is 0 Å². The van der Waals surface area contributed by atoms with Crippen LogP contribution in [0.5, 0.6) is 0 Å². The summed E-state index contributed by atoms with van der Waals surface area (Å²) in [7, 11) is 1.56. The highest BCUT2D eigenvalue weighted by Gasteiger charge is 2.03. The van der Waals surface area contributed by atoms with E-state index in [0.29, 0.717) is 6.61 Å². The number of thiol groups is 1. The van der Waals surface area contributed by atoms with Crippen molar-refractivity contribution in [2.75, 3.05) is 13.7 Å². The van der Waals surface area contributed by atoms with Crippen molar-refractivity contribution in [1.29, 1.82) is 0 Å². The van der Waals surface area contributed by atoms with E-state index in [1.807, 2.05) is 0 Å². The van der Waals surface area contributed by atoms with Crippen LogP contribution in [0, 0.1) is 0 Å². The van der Waals surface area contributed by atoms with Crippen LogP contribution in [0.3, 0.4) is 0 Å². The van der Waals surface area contributed by atoms with Gasteiger partial charge < -0.3 is 4.74 Å². The van der Waals surface area contributed by atoms with Gasteiger partial charge in [0, 0.05) is 7.05 Å². The Morgan fingerprint density at radius 1 is 1.31 bits per heavy atom. The summed E-state index contributed by atoms with van der Waals surface area (Å²) in [4.78, 5) is 10.9. The Labute approximate surface area is 86.0 Å². The van der Waals surface area contributed by atoms with Crippen LogP contribution in [-0.2, 0) is 4.74 Å². The highest BCUT2D eigenvalue weighted by molar-refractivity contribution is 7.78. The second-order valence-electron chi connectivity index (χ2n) is 3.05. The molecule has 0 spiro atoms. The maximum Gasteiger partial charge on any atom is 0.419 e. The number of amides is 1. The van der Waals surface area contributed by atoms with Crippen LogP contribution in [0.2, 0.25) is 0 Å². The van der Waals surface area contributed by atoms with Crippen LogP contribution in [0.1, 0.15) is 39.0 Å². The molecule has 13 heavy (non-hydrogen) atoms. The Hall–Kier alpha value is -0.380. The molecule has 0 saturated carbocycles. The van der Waals surface area contributed by atoms with E-state index in [1.54, 1.807) is 7.05 Å². The summed E-state index contributed by atoms with van der Waals surface area (Å²) < 4.78 is 6.04. The summed E-state index contributed by atoms with van der Waals surface area (Å²) in [6, 6.07) is 0. The van der Waals surface area contributed by atoms with Gasteiger partial charge >= 0.3 is 6.09 Å². The normalized spacial score (nSPS) is 9.77. The van der Waals surface area contributed by atoms with Crippen molar-refractivity contribution >= 4 is 18.9 Å². The molecule has 0 aromatic rings. The zero-order chi connectivity index (χ0) is 10.1. The second kappa shape index (κ2) is 8.23. The van der Waals surface area contributed by atoms with Gasteiger partial charge in [0.05, 0.1) is 6.61 Å². The molecule has 0 fully saturated rings. The lowest BCUT2D eigenvalue weighted by Gasteiger charge is -2.09. The van der Waals surface area contributed by atoms with Gasteiger partial charge in [0.25, 0.3) is 0 Å². The van der Waals surface area contributed by atoms with Crippen molar-refractivity contribution in [3.63, 3.8) is 0 Å². The molecule has 0 unspecified atom stereocenters. The quantitative estimate of drug-likeness (QED) is 0.533. The van der Waals surface area contributed by atoms with Crippen molar-refractivity contribution in [2.45, 2.75) is 39.0 Å². The molecule has 0 radical (unpaired) electrons. The van der Waals surface area contributed by atoms with Gasteiger partial charge in [-0.25, -0.2) is 4.79 Å². The summed E-state index contributed by atoms with van der Waals surface area (Å²) in [5.41, 5.74) is 0. The Kier molecular flexibility index (Phi) is 7.99. The summed E-state index contributed by atoms with van der Waals surface area (Å²) >= 11 is 3.81. The molecule has 0 aliphatic heterocycles. The smallest absolute Gasteiger partial charge is 0.419 e. The van der Waals surface area contributed by atoms with E-state index in [-0.39, 0.29) is 6.09 Å². The predicted octanol–water partition coefficient (Wildman–Crippen LogP) is 2.87. The Balaban J connectivity index is 3.12. The number of hydrogen-bond acceptors (Lipinski definition) is 3. The molecule has 1 amide bonds. The number of rotatable bonds is 6. The molecule has 0 aliphatic rings. The minimum Gasteiger partial charge on any atom is -0.449 e. The lowest BCUT2D eigenvalue weighted by Crippen LogP contribution is -2.18. The Morgan fingerprint density at radius 3 is 2.46 bits per heavy atom. The van der Waals surface area contributed by atoms with Crippen LogP contribution in [0.15, 0.2) is 0 Å². The van der Waals surface area contributed by atoms with Gasteiger partial charge in [-0.2, -0.15) is 0 Å². The molecular formula is C9H19NO2S. The van der Waals surface area contributed by atoms with Gasteiger partial charge in [-0.05, 0) is 6.42 Å². The molecule has 0 aromatic carbocycles. The van der Waals surface area contributed by atoms with Gasteiger partial charge in [-0.3, -0.25) is 4.31 Å². The molecule has 4 heteroatoms. The first-order valence-corrected chi connectivity index (χ1v) is 5.17. The summed E-state index contributed by atoms with van der Waals surface area (Å²) in [6.07, 6.45) is 5.44. The van der Waals surface area contributed by atoms with E-state index in [1.165, 1.54) is 19.3 Å². The number of carbonyl (C=O) groups excluding carboxylic acids is 1. The standard InChI is InChI=1S/C9H19NO2S/c1-3-4-5-6-7-8-12-9(11)10(2)13/h13H,3-8H2,1-2H3. The Bertz CT molecular complexity index is 140. The molecule has 0 aliphatic carbocycles. The highest BCUT2D eigenvalue weighted by Crippen LogP contribution is 2.03. The predicted molar refractivity (Wildman–Crippen MR) is 56.9 cm³/mol. The molecular weight excluding hydrogens is 186 g/mol. The number of ether oxygens (including phenoxy) is 1. The Morgan fingerprint density at radius 2 is 1.92 bits per heavy atom. The molecule has 0 atom stereocenters. The monoisotopic (exact) mass is 205 g/mol. The minimum absolute atomic E-state index is 0.376. The molecule has 0 rings (SSSR count). The number of carbonyl (C=O) groups is 1. The maximum absolute atomic E-state index is 10.9. The van der Waals surface area contributed by atoms with Crippen molar-refractivity contribution in [2.24, 2.45) is 0 Å². The van der Waals surface area contributed by atoms with Crippen molar-refractivity contribution < 1.29 is 9.53 Å². The zero-order valence-corrected chi connectivity index (χ0v) is 9.35. The third kappa shape index (κ3) is 7.96. The SMILES string of the molecule is CCCCCCCOC(=O)N(C)S. The van der Waals surface area contributed by atoms with E-state index in [9.17, 15) is 4.79 Å². The molecule has 0 aromatic heterocycles. The van der Waals surface area contributed by atoms with Gasteiger partial charge in [-0.1, -0.05) is 45.4 Å². The van der Waals surface area contributed by atoms with E-state index in [4.69, 9.17) is 4.74 Å². The van der Waals surface area contributed by atoms with Crippen LogP contribution < -0.4 is 0 Å². The lowest BCUT2D eigenvalue weighted by atomic mass is 10.2. The largest absolute Gasteiger partial charge is 0.449 e. The molecule has 3 nitrogen and oxygen atoms in total. The summed E-state index contributed by atoms with van der Waals surface area (Å²) in [6.45, 7) is 2.68. The summed E-state index contributed by atoms with van der Waals surface area (Å²) in [5, 5.41) is 0. The molecule has 0 bridgehead atoms. The third-order valence-corrected chi connectivity index (χ3v) is 1.90. The minimum atomic E-state index is -0.376. The fourth-order valence-electron chi connectivity index (χ4n) is 0.959. The van der Waals surface area contributed by atoms with Gasteiger partial charge in [-0.15, -0.1) is 0 Å².